The number of benzene rings is 1. The number of likely N-dealkylation sites (N-methyl/N-ethyl adjacent to an activating group) is 1. The number of piperidine rings is 1. The molecule has 0 spiro atoms. The Labute approximate surface area is 130 Å². The molecule has 21 heavy (non-hydrogen) atoms. The second-order valence-electron chi connectivity index (χ2n) is 5.18. The highest BCUT2D eigenvalue weighted by molar-refractivity contribution is 7.89. The summed E-state index contributed by atoms with van der Waals surface area (Å²) < 4.78 is 39.8. The summed E-state index contributed by atoms with van der Waals surface area (Å²) in [6, 6.07) is 3.68. The molecule has 0 amide bonds. The molecular formula is C14H20ClFN2O2S. The fraction of sp³-hybridized carbons (Fsp3) is 0.571. The zero-order chi connectivity index (χ0) is 15.5. The first-order valence-electron chi connectivity index (χ1n) is 7.13. The van der Waals surface area contributed by atoms with Crippen molar-refractivity contribution in [2.75, 3.05) is 19.6 Å². The summed E-state index contributed by atoms with van der Waals surface area (Å²) in [6.45, 7) is 3.51. The van der Waals surface area contributed by atoms with E-state index in [0.717, 1.165) is 31.9 Å². The fourth-order valence-corrected chi connectivity index (χ4v) is 4.28. The van der Waals surface area contributed by atoms with Gasteiger partial charge in [-0.2, -0.15) is 4.31 Å². The highest BCUT2D eigenvalue weighted by atomic mass is 35.5. The molecule has 1 heterocycles. The predicted octanol–water partition coefficient (Wildman–Crippen LogP) is 2.63. The van der Waals surface area contributed by atoms with E-state index in [2.05, 4.69) is 5.32 Å². The number of halogens is 2. The largest absolute Gasteiger partial charge is 0.313 e. The van der Waals surface area contributed by atoms with Crippen molar-refractivity contribution >= 4 is 21.6 Å². The molecule has 1 unspecified atom stereocenters. The van der Waals surface area contributed by atoms with Crippen LogP contribution in [-0.2, 0) is 10.0 Å². The molecule has 1 aromatic carbocycles. The summed E-state index contributed by atoms with van der Waals surface area (Å²) in [4.78, 5) is 0.0339. The summed E-state index contributed by atoms with van der Waals surface area (Å²) in [5, 5.41) is 3.16. The van der Waals surface area contributed by atoms with Crippen LogP contribution >= 0.6 is 11.6 Å². The van der Waals surface area contributed by atoms with Crippen molar-refractivity contribution in [1.29, 1.82) is 0 Å². The average molecular weight is 335 g/mol. The van der Waals surface area contributed by atoms with Gasteiger partial charge >= 0.3 is 0 Å². The molecule has 7 heteroatoms. The summed E-state index contributed by atoms with van der Waals surface area (Å²) in [5.41, 5.74) is 0. The first-order valence-corrected chi connectivity index (χ1v) is 8.95. The maximum Gasteiger partial charge on any atom is 0.243 e. The molecule has 118 valence electrons. The third-order valence-electron chi connectivity index (χ3n) is 3.72. The summed E-state index contributed by atoms with van der Waals surface area (Å²) in [5.74, 6) is -0.618. The smallest absolute Gasteiger partial charge is 0.243 e. The van der Waals surface area contributed by atoms with Crippen LogP contribution in [0.1, 0.15) is 26.2 Å². The molecule has 0 aromatic heterocycles. The van der Waals surface area contributed by atoms with Gasteiger partial charge in [-0.1, -0.05) is 24.9 Å². The molecule has 1 N–H and O–H groups in total. The van der Waals surface area contributed by atoms with Crippen LogP contribution in [0.15, 0.2) is 23.1 Å². The van der Waals surface area contributed by atoms with Gasteiger partial charge in [0, 0.05) is 19.1 Å². The van der Waals surface area contributed by atoms with Crippen molar-refractivity contribution in [3.63, 3.8) is 0 Å². The SMILES string of the molecule is CCN(CC1CCCCN1)S(=O)(=O)c1ccc(F)c(Cl)c1. The number of hydrogen-bond acceptors (Lipinski definition) is 3. The molecule has 1 atom stereocenters. The second kappa shape index (κ2) is 7.05. The molecule has 1 aliphatic rings. The number of nitrogens with one attached hydrogen (secondary N) is 1. The Morgan fingerprint density at radius 2 is 2.19 bits per heavy atom. The lowest BCUT2D eigenvalue weighted by Crippen LogP contribution is -2.45. The van der Waals surface area contributed by atoms with Gasteiger partial charge in [0.2, 0.25) is 10.0 Å². The van der Waals surface area contributed by atoms with Crippen molar-refractivity contribution in [2.45, 2.75) is 37.1 Å². The Morgan fingerprint density at radius 1 is 1.43 bits per heavy atom. The first-order chi connectivity index (χ1) is 9.95. The Balaban J connectivity index is 2.19. The Hall–Kier alpha value is -0.690. The average Bonchev–Trinajstić information content (AvgIpc) is 2.48. The van der Waals surface area contributed by atoms with Gasteiger partial charge in [-0.05, 0) is 37.6 Å². The van der Waals surface area contributed by atoms with Crippen LogP contribution in [0.5, 0.6) is 0 Å². The molecule has 2 rings (SSSR count). The van der Waals surface area contributed by atoms with E-state index >= 15 is 0 Å². The van der Waals surface area contributed by atoms with Crippen molar-refractivity contribution in [1.82, 2.24) is 9.62 Å². The van der Waals surface area contributed by atoms with E-state index in [4.69, 9.17) is 11.6 Å². The molecular weight excluding hydrogens is 315 g/mol. The number of sulfonamides is 1. The van der Waals surface area contributed by atoms with Gasteiger partial charge in [0.05, 0.1) is 9.92 Å². The van der Waals surface area contributed by atoms with Crippen LogP contribution in [-0.4, -0.2) is 38.4 Å². The minimum absolute atomic E-state index is 0.0339. The topological polar surface area (TPSA) is 49.4 Å². The van der Waals surface area contributed by atoms with Crippen LogP contribution in [0, 0.1) is 5.82 Å². The van der Waals surface area contributed by atoms with E-state index in [0.29, 0.717) is 13.1 Å². The van der Waals surface area contributed by atoms with E-state index in [1.54, 1.807) is 6.92 Å². The van der Waals surface area contributed by atoms with Gasteiger partial charge in [-0.15, -0.1) is 0 Å². The molecule has 0 aliphatic carbocycles. The van der Waals surface area contributed by atoms with Gasteiger partial charge in [-0.25, -0.2) is 12.8 Å². The van der Waals surface area contributed by atoms with E-state index < -0.39 is 15.8 Å². The lowest BCUT2D eigenvalue weighted by molar-refractivity contribution is 0.319. The van der Waals surface area contributed by atoms with Crippen molar-refractivity contribution in [3.8, 4) is 0 Å². The highest BCUT2D eigenvalue weighted by Gasteiger charge is 2.27. The normalized spacial score (nSPS) is 19.9. The standard InChI is InChI=1S/C14H20ClFN2O2S/c1-2-18(10-11-5-3-4-8-17-11)21(19,20)12-6-7-14(16)13(15)9-12/h6-7,9,11,17H,2-5,8,10H2,1H3. The third kappa shape index (κ3) is 3.94. The first kappa shape index (κ1) is 16.7. The zero-order valence-electron chi connectivity index (χ0n) is 12.0. The third-order valence-corrected chi connectivity index (χ3v) is 5.94. The van der Waals surface area contributed by atoms with Gasteiger partial charge in [0.1, 0.15) is 5.82 Å². The number of hydrogen-bond donors (Lipinski definition) is 1. The van der Waals surface area contributed by atoms with Crippen LogP contribution in [0.4, 0.5) is 4.39 Å². The number of nitrogens with zero attached hydrogens (tertiary/aromatic N) is 1. The van der Waals surface area contributed by atoms with Gasteiger partial charge in [0.25, 0.3) is 0 Å². The highest BCUT2D eigenvalue weighted by Crippen LogP contribution is 2.23. The van der Waals surface area contributed by atoms with Crippen LogP contribution in [0.2, 0.25) is 5.02 Å². The molecule has 0 saturated carbocycles. The van der Waals surface area contributed by atoms with Crippen molar-refractivity contribution < 1.29 is 12.8 Å². The van der Waals surface area contributed by atoms with E-state index in [-0.39, 0.29) is 16.0 Å². The quantitative estimate of drug-likeness (QED) is 0.900. The van der Waals surface area contributed by atoms with E-state index in [1.807, 2.05) is 0 Å². The molecule has 0 bridgehead atoms. The second-order valence-corrected chi connectivity index (χ2v) is 7.52. The van der Waals surface area contributed by atoms with E-state index in [9.17, 15) is 12.8 Å². The molecule has 1 aliphatic heterocycles. The lowest BCUT2D eigenvalue weighted by Gasteiger charge is -2.29. The molecule has 0 radical (unpaired) electrons. The summed E-state index contributed by atoms with van der Waals surface area (Å²) >= 11 is 5.69. The van der Waals surface area contributed by atoms with Crippen LogP contribution < -0.4 is 5.32 Å². The molecule has 1 aromatic rings. The molecule has 1 saturated heterocycles. The minimum Gasteiger partial charge on any atom is -0.313 e. The maximum atomic E-state index is 13.2. The zero-order valence-corrected chi connectivity index (χ0v) is 13.6. The van der Waals surface area contributed by atoms with Crippen LogP contribution in [0.3, 0.4) is 0 Å². The lowest BCUT2D eigenvalue weighted by atomic mass is 10.1. The minimum atomic E-state index is -3.65. The van der Waals surface area contributed by atoms with Crippen molar-refractivity contribution in [3.05, 3.63) is 29.0 Å². The fourth-order valence-electron chi connectivity index (χ4n) is 2.51. The van der Waals surface area contributed by atoms with Gasteiger partial charge in [-0.3, -0.25) is 0 Å². The number of rotatable bonds is 5. The van der Waals surface area contributed by atoms with Gasteiger partial charge in [0.15, 0.2) is 0 Å². The van der Waals surface area contributed by atoms with Gasteiger partial charge < -0.3 is 5.32 Å². The summed E-state index contributed by atoms with van der Waals surface area (Å²) in [6.07, 6.45) is 3.21. The van der Waals surface area contributed by atoms with Crippen molar-refractivity contribution in [2.24, 2.45) is 0 Å². The Kier molecular flexibility index (Phi) is 5.60. The van der Waals surface area contributed by atoms with Crippen LogP contribution in [0.25, 0.3) is 0 Å². The monoisotopic (exact) mass is 334 g/mol. The van der Waals surface area contributed by atoms with E-state index in [1.165, 1.54) is 16.4 Å². The Bertz CT molecular complexity index is 589. The Morgan fingerprint density at radius 3 is 2.76 bits per heavy atom. The molecule has 1 fully saturated rings. The molecule has 4 nitrogen and oxygen atoms in total. The maximum absolute atomic E-state index is 13.2. The summed E-state index contributed by atoms with van der Waals surface area (Å²) in [7, 11) is -3.65. The predicted molar refractivity (Wildman–Crippen MR) is 81.5 cm³/mol.